The molecule has 0 aliphatic rings. The number of benzene rings is 1. The minimum Gasteiger partial charge on any atom is -0.392 e. The highest BCUT2D eigenvalue weighted by atomic mass is 16.3. The Kier molecular flexibility index (Phi) is 5.66. The molecule has 3 N–H and O–H groups in total. The molecule has 4 nitrogen and oxygen atoms in total. The van der Waals surface area contributed by atoms with Gasteiger partial charge < -0.3 is 15.7 Å². The summed E-state index contributed by atoms with van der Waals surface area (Å²) in [6.07, 6.45) is -0.359. The van der Waals surface area contributed by atoms with Crippen molar-refractivity contribution >= 4 is 5.91 Å². The molecule has 0 fully saturated rings. The first-order valence-corrected chi connectivity index (χ1v) is 5.83. The lowest BCUT2D eigenvalue weighted by Crippen LogP contribution is -2.34. The fourth-order valence-electron chi connectivity index (χ4n) is 1.38. The van der Waals surface area contributed by atoms with Gasteiger partial charge in [0.25, 0.3) is 5.91 Å². The molecule has 1 amide bonds. The van der Waals surface area contributed by atoms with Crippen molar-refractivity contribution in [1.82, 2.24) is 10.6 Å². The van der Waals surface area contributed by atoms with Crippen LogP contribution >= 0.6 is 0 Å². The summed E-state index contributed by atoms with van der Waals surface area (Å²) in [5, 5.41) is 14.9. The van der Waals surface area contributed by atoms with Crippen LogP contribution in [0.3, 0.4) is 0 Å². The van der Waals surface area contributed by atoms with Gasteiger partial charge in [-0.25, -0.2) is 0 Å². The van der Waals surface area contributed by atoms with Crippen LogP contribution in [0.1, 0.15) is 22.8 Å². The summed E-state index contributed by atoms with van der Waals surface area (Å²) in [6.45, 7) is 5.46. The van der Waals surface area contributed by atoms with Crippen molar-refractivity contribution in [2.75, 3.05) is 19.6 Å². The molecular formula is C13H20N2O2. The highest BCUT2D eigenvalue weighted by Crippen LogP contribution is 2.02. The van der Waals surface area contributed by atoms with Crippen LogP contribution in [0.5, 0.6) is 0 Å². The zero-order chi connectivity index (χ0) is 12.7. The predicted molar refractivity (Wildman–Crippen MR) is 68.1 cm³/mol. The molecular weight excluding hydrogens is 216 g/mol. The fourth-order valence-corrected chi connectivity index (χ4v) is 1.38. The van der Waals surface area contributed by atoms with Gasteiger partial charge in [0.1, 0.15) is 0 Å². The van der Waals surface area contributed by atoms with Crippen LogP contribution in [-0.4, -0.2) is 36.8 Å². The van der Waals surface area contributed by atoms with Crippen LogP contribution in [0.2, 0.25) is 0 Å². The van der Waals surface area contributed by atoms with E-state index in [1.165, 1.54) is 0 Å². The summed E-state index contributed by atoms with van der Waals surface area (Å²) in [7, 11) is 0. The fraction of sp³-hybridized carbons (Fsp3) is 0.462. The standard InChI is InChI=1S/C13H20N2O2/c1-10-3-5-12(6-4-10)13(17)15-8-7-14-9-11(2)16/h3-6,11,14,16H,7-9H2,1-2H3,(H,15,17). The second kappa shape index (κ2) is 7.04. The summed E-state index contributed by atoms with van der Waals surface area (Å²) in [5.41, 5.74) is 1.81. The zero-order valence-corrected chi connectivity index (χ0v) is 10.4. The molecule has 0 bridgehead atoms. The molecule has 0 radical (unpaired) electrons. The van der Waals surface area contributed by atoms with Gasteiger partial charge in [0.15, 0.2) is 0 Å². The molecule has 1 unspecified atom stereocenters. The number of carbonyl (C=O) groups excluding carboxylic acids is 1. The van der Waals surface area contributed by atoms with Crippen LogP contribution in [0, 0.1) is 6.92 Å². The molecule has 0 saturated carbocycles. The molecule has 1 aromatic rings. The lowest BCUT2D eigenvalue weighted by molar-refractivity contribution is 0.0953. The first kappa shape index (κ1) is 13.7. The Morgan fingerprint density at radius 3 is 2.53 bits per heavy atom. The third-order valence-electron chi connectivity index (χ3n) is 2.34. The second-order valence-corrected chi connectivity index (χ2v) is 4.18. The zero-order valence-electron chi connectivity index (χ0n) is 10.4. The predicted octanol–water partition coefficient (Wildman–Crippen LogP) is 0.695. The van der Waals surface area contributed by atoms with Gasteiger partial charge in [0.05, 0.1) is 6.10 Å². The minimum absolute atomic E-state index is 0.0659. The lowest BCUT2D eigenvalue weighted by Gasteiger charge is -2.08. The van der Waals surface area contributed by atoms with Gasteiger partial charge in [-0.15, -0.1) is 0 Å². The first-order chi connectivity index (χ1) is 8.09. The van der Waals surface area contributed by atoms with Gasteiger partial charge in [0, 0.05) is 25.2 Å². The van der Waals surface area contributed by atoms with E-state index in [0.29, 0.717) is 25.2 Å². The smallest absolute Gasteiger partial charge is 0.251 e. The Morgan fingerprint density at radius 2 is 1.94 bits per heavy atom. The quantitative estimate of drug-likeness (QED) is 0.637. The normalized spacial score (nSPS) is 12.2. The maximum Gasteiger partial charge on any atom is 0.251 e. The maximum atomic E-state index is 11.7. The van der Waals surface area contributed by atoms with Crippen LogP contribution in [0.15, 0.2) is 24.3 Å². The molecule has 17 heavy (non-hydrogen) atoms. The molecule has 0 heterocycles. The third-order valence-corrected chi connectivity index (χ3v) is 2.34. The molecule has 1 atom stereocenters. The number of aryl methyl sites for hydroxylation is 1. The highest BCUT2D eigenvalue weighted by molar-refractivity contribution is 5.94. The number of aliphatic hydroxyl groups is 1. The van der Waals surface area contributed by atoms with E-state index >= 15 is 0 Å². The maximum absolute atomic E-state index is 11.7. The molecule has 0 saturated heterocycles. The minimum atomic E-state index is -0.359. The second-order valence-electron chi connectivity index (χ2n) is 4.18. The van der Waals surface area contributed by atoms with E-state index in [1.54, 1.807) is 6.92 Å². The summed E-state index contributed by atoms with van der Waals surface area (Å²) in [4.78, 5) is 11.7. The topological polar surface area (TPSA) is 61.4 Å². The Morgan fingerprint density at radius 1 is 1.29 bits per heavy atom. The van der Waals surface area contributed by atoms with Crippen molar-refractivity contribution in [3.05, 3.63) is 35.4 Å². The van der Waals surface area contributed by atoms with Crippen LogP contribution in [-0.2, 0) is 0 Å². The highest BCUT2D eigenvalue weighted by Gasteiger charge is 2.03. The lowest BCUT2D eigenvalue weighted by atomic mass is 10.1. The SMILES string of the molecule is Cc1ccc(C(=O)NCCNCC(C)O)cc1. The van der Waals surface area contributed by atoms with E-state index in [0.717, 1.165) is 5.56 Å². The van der Waals surface area contributed by atoms with Crippen molar-refractivity contribution in [2.45, 2.75) is 20.0 Å². The Labute approximate surface area is 102 Å². The average Bonchev–Trinajstić information content (AvgIpc) is 2.29. The summed E-state index contributed by atoms with van der Waals surface area (Å²) >= 11 is 0. The summed E-state index contributed by atoms with van der Waals surface area (Å²) in [6, 6.07) is 7.46. The molecule has 0 spiro atoms. The van der Waals surface area contributed by atoms with Crippen molar-refractivity contribution in [1.29, 1.82) is 0 Å². The van der Waals surface area contributed by atoms with E-state index < -0.39 is 0 Å². The number of rotatable bonds is 6. The summed E-state index contributed by atoms with van der Waals surface area (Å²) in [5.74, 6) is -0.0659. The van der Waals surface area contributed by atoms with E-state index in [-0.39, 0.29) is 12.0 Å². The molecule has 1 rings (SSSR count). The van der Waals surface area contributed by atoms with Gasteiger partial charge >= 0.3 is 0 Å². The van der Waals surface area contributed by atoms with Crippen molar-refractivity contribution in [3.63, 3.8) is 0 Å². The van der Waals surface area contributed by atoms with Gasteiger partial charge in [-0.1, -0.05) is 17.7 Å². The average molecular weight is 236 g/mol. The van der Waals surface area contributed by atoms with E-state index in [4.69, 9.17) is 5.11 Å². The molecule has 0 aromatic heterocycles. The van der Waals surface area contributed by atoms with Gasteiger partial charge in [0.2, 0.25) is 0 Å². The largest absolute Gasteiger partial charge is 0.392 e. The summed E-state index contributed by atoms with van der Waals surface area (Å²) < 4.78 is 0. The number of aliphatic hydroxyl groups excluding tert-OH is 1. The third kappa shape index (κ3) is 5.47. The van der Waals surface area contributed by atoms with Gasteiger partial charge in [-0.05, 0) is 26.0 Å². The number of nitrogens with one attached hydrogen (secondary N) is 2. The Bertz CT molecular complexity index is 347. The monoisotopic (exact) mass is 236 g/mol. The van der Waals surface area contributed by atoms with Crippen molar-refractivity contribution in [3.8, 4) is 0 Å². The van der Waals surface area contributed by atoms with E-state index in [9.17, 15) is 4.79 Å². The molecule has 0 aliphatic carbocycles. The van der Waals surface area contributed by atoms with Crippen LogP contribution in [0.4, 0.5) is 0 Å². The first-order valence-electron chi connectivity index (χ1n) is 5.83. The number of hydrogen-bond donors (Lipinski definition) is 3. The van der Waals surface area contributed by atoms with Gasteiger partial charge in [-0.2, -0.15) is 0 Å². The van der Waals surface area contributed by atoms with Crippen molar-refractivity contribution in [2.24, 2.45) is 0 Å². The van der Waals surface area contributed by atoms with Crippen molar-refractivity contribution < 1.29 is 9.90 Å². The van der Waals surface area contributed by atoms with Gasteiger partial charge in [-0.3, -0.25) is 4.79 Å². The van der Waals surface area contributed by atoms with E-state index in [2.05, 4.69) is 10.6 Å². The van der Waals surface area contributed by atoms with Crippen LogP contribution in [0.25, 0.3) is 0 Å². The number of hydrogen-bond acceptors (Lipinski definition) is 3. The Balaban J connectivity index is 2.23. The molecule has 94 valence electrons. The number of carbonyl (C=O) groups is 1. The van der Waals surface area contributed by atoms with E-state index in [1.807, 2.05) is 31.2 Å². The number of amides is 1. The molecule has 4 heteroatoms. The van der Waals surface area contributed by atoms with Crippen LogP contribution < -0.4 is 10.6 Å². The Hall–Kier alpha value is -1.39. The molecule has 1 aromatic carbocycles. The molecule has 0 aliphatic heterocycles.